The van der Waals surface area contributed by atoms with E-state index in [1.807, 2.05) is 0 Å². The number of carbonyl (C=O) groups is 3. The third-order valence-electron chi connectivity index (χ3n) is 1.95. The second kappa shape index (κ2) is 7.33. The van der Waals surface area contributed by atoms with Crippen LogP contribution in [0.1, 0.15) is 0 Å². The zero-order valence-corrected chi connectivity index (χ0v) is 10.9. The topological polar surface area (TPSA) is 140 Å². The van der Waals surface area contributed by atoms with Crippen LogP contribution in [0.4, 0.5) is 0 Å². The van der Waals surface area contributed by atoms with Gasteiger partial charge in [-0.05, 0) is 0 Å². The number of hydrogen-bond acceptors (Lipinski definition) is 9. The van der Waals surface area contributed by atoms with Crippen molar-refractivity contribution in [3.8, 4) is 0 Å². The Morgan fingerprint density at radius 1 is 0.857 bits per heavy atom. The third-order valence-corrected chi connectivity index (χ3v) is 1.95. The van der Waals surface area contributed by atoms with Crippen LogP contribution in [-0.4, -0.2) is 51.6 Å². The van der Waals surface area contributed by atoms with Gasteiger partial charge in [-0.2, -0.15) is 0 Å². The number of esters is 3. The summed E-state index contributed by atoms with van der Waals surface area (Å²) in [6.45, 7) is 7.90. The van der Waals surface area contributed by atoms with Gasteiger partial charge < -0.3 is 29.5 Å². The van der Waals surface area contributed by atoms with Gasteiger partial charge >= 0.3 is 29.7 Å². The van der Waals surface area contributed by atoms with Crippen molar-refractivity contribution in [1.82, 2.24) is 0 Å². The molecule has 0 aromatic heterocycles. The summed E-state index contributed by atoms with van der Waals surface area (Å²) in [5, 5.41) is 27.8. The maximum Gasteiger partial charge on any atom is 0.374 e. The van der Waals surface area contributed by atoms with Crippen molar-refractivity contribution in [2.24, 2.45) is 0 Å². The highest BCUT2D eigenvalue weighted by molar-refractivity contribution is 5.84. The second-order valence-electron chi connectivity index (χ2n) is 3.45. The molecule has 0 radical (unpaired) electrons. The molecule has 0 aromatic carbocycles. The lowest BCUT2D eigenvalue weighted by Gasteiger charge is -2.36. The van der Waals surface area contributed by atoms with Gasteiger partial charge in [0.2, 0.25) is 0 Å². The molecule has 116 valence electrons. The van der Waals surface area contributed by atoms with Crippen molar-refractivity contribution in [1.29, 1.82) is 0 Å². The highest BCUT2D eigenvalue weighted by Gasteiger charge is 2.58. The number of ether oxygens (including phenoxy) is 3. The maximum atomic E-state index is 11.2. The minimum absolute atomic E-state index is 0.581. The van der Waals surface area contributed by atoms with Gasteiger partial charge in [0.25, 0.3) is 0 Å². The molecule has 9 heteroatoms. The number of aliphatic hydroxyl groups is 3. The Morgan fingerprint density at radius 3 is 1.52 bits per heavy atom. The van der Waals surface area contributed by atoms with E-state index in [1.165, 1.54) is 0 Å². The number of rotatable bonds is 8. The van der Waals surface area contributed by atoms with Crippen molar-refractivity contribution in [3.63, 3.8) is 0 Å². The molecule has 0 rings (SSSR count). The summed E-state index contributed by atoms with van der Waals surface area (Å²) >= 11 is 0. The Balaban J connectivity index is 5.59. The van der Waals surface area contributed by atoms with Gasteiger partial charge in [0.15, 0.2) is 6.61 Å². The van der Waals surface area contributed by atoms with E-state index in [9.17, 15) is 29.7 Å². The number of carbonyl (C=O) groups excluding carboxylic acids is 3. The summed E-state index contributed by atoms with van der Waals surface area (Å²) in [7, 11) is 0. The van der Waals surface area contributed by atoms with E-state index < -0.39 is 36.3 Å². The Labute approximate surface area is 119 Å². The molecule has 0 fully saturated rings. The van der Waals surface area contributed by atoms with Crippen LogP contribution in [0, 0.1) is 0 Å². The summed E-state index contributed by atoms with van der Waals surface area (Å²) in [6.07, 6.45) is 1.86. The van der Waals surface area contributed by atoms with Gasteiger partial charge in [-0.1, -0.05) is 19.7 Å². The first kappa shape index (κ1) is 18.5. The van der Waals surface area contributed by atoms with Gasteiger partial charge in [-0.15, -0.1) is 0 Å². The van der Waals surface area contributed by atoms with Crippen LogP contribution < -0.4 is 0 Å². The monoisotopic (exact) mass is 302 g/mol. The number of hydrogen-bond donors (Lipinski definition) is 3. The predicted molar refractivity (Wildman–Crippen MR) is 65.9 cm³/mol. The normalized spacial score (nSPS) is 11.0. The summed E-state index contributed by atoms with van der Waals surface area (Å²) < 4.78 is 13.2. The molecule has 3 N–H and O–H groups in total. The molecule has 0 aliphatic heterocycles. The lowest BCUT2D eigenvalue weighted by molar-refractivity contribution is -0.448. The van der Waals surface area contributed by atoms with Gasteiger partial charge in [-0.3, -0.25) is 0 Å². The quantitative estimate of drug-likeness (QED) is 0.277. The first-order chi connectivity index (χ1) is 9.61. The van der Waals surface area contributed by atoms with Gasteiger partial charge in [-0.25, -0.2) is 14.4 Å². The van der Waals surface area contributed by atoms with Crippen LogP contribution in [-0.2, 0) is 28.6 Å². The van der Waals surface area contributed by atoms with Gasteiger partial charge in [0.05, 0.1) is 0 Å². The highest BCUT2D eigenvalue weighted by Crippen LogP contribution is 2.26. The van der Waals surface area contributed by atoms with Gasteiger partial charge in [0.1, 0.15) is 0 Å². The molecule has 0 amide bonds. The zero-order chi connectivity index (χ0) is 16.7. The highest BCUT2D eigenvalue weighted by atomic mass is 16.8. The minimum Gasteiger partial charge on any atom is -0.454 e. The largest absolute Gasteiger partial charge is 0.454 e. The summed E-state index contributed by atoms with van der Waals surface area (Å²) in [6, 6.07) is 0. The molecule has 0 spiro atoms. The van der Waals surface area contributed by atoms with Crippen molar-refractivity contribution in [3.05, 3.63) is 38.0 Å². The lowest BCUT2D eigenvalue weighted by atomic mass is 10.2. The lowest BCUT2D eigenvalue weighted by Crippen LogP contribution is -2.62. The van der Waals surface area contributed by atoms with Crippen molar-refractivity contribution < 1.29 is 43.9 Å². The summed E-state index contributed by atoms with van der Waals surface area (Å²) in [4.78, 5) is 33.4. The molecular weight excluding hydrogens is 288 g/mol. The van der Waals surface area contributed by atoms with E-state index >= 15 is 0 Å². The SMILES string of the molecule is C=CC(=O)OCC(OC(=O)C=C)(OC(=O)C=C)C(O)(O)O. The van der Waals surface area contributed by atoms with Gasteiger partial charge in [0, 0.05) is 18.2 Å². The van der Waals surface area contributed by atoms with E-state index in [4.69, 9.17) is 0 Å². The molecule has 0 aliphatic carbocycles. The molecule has 0 saturated heterocycles. The van der Waals surface area contributed by atoms with Crippen LogP contribution >= 0.6 is 0 Å². The molecule has 0 unspecified atom stereocenters. The molecule has 0 saturated carbocycles. The molecule has 0 aromatic rings. The van der Waals surface area contributed by atoms with Crippen LogP contribution in [0.25, 0.3) is 0 Å². The molecule has 9 nitrogen and oxygen atoms in total. The molecule has 21 heavy (non-hydrogen) atoms. The first-order valence-electron chi connectivity index (χ1n) is 5.29. The fourth-order valence-electron chi connectivity index (χ4n) is 0.947. The fraction of sp³-hybridized carbons (Fsp3) is 0.250. The fourth-order valence-corrected chi connectivity index (χ4v) is 0.947. The first-order valence-corrected chi connectivity index (χ1v) is 5.29. The van der Waals surface area contributed by atoms with Crippen molar-refractivity contribution >= 4 is 17.9 Å². The Kier molecular flexibility index (Phi) is 6.46. The van der Waals surface area contributed by atoms with E-state index in [0.29, 0.717) is 18.2 Å². The van der Waals surface area contributed by atoms with Crippen LogP contribution in [0.15, 0.2) is 38.0 Å². The molecule has 0 atom stereocenters. The molecule has 0 aliphatic rings. The average Bonchev–Trinajstić information content (AvgIpc) is 2.42. The Hall–Kier alpha value is -2.49. The van der Waals surface area contributed by atoms with Crippen LogP contribution in [0.3, 0.4) is 0 Å². The molecule has 0 heterocycles. The van der Waals surface area contributed by atoms with Crippen LogP contribution in [0.5, 0.6) is 0 Å². The molecule has 0 bridgehead atoms. The smallest absolute Gasteiger partial charge is 0.374 e. The van der Waals surface area contributed by atoms with E-state index in [0.717, 1.165) is 0 Å². The third kappa shape index (κ3) is 5.18. The average molecular weight is 302 g/mol. The minimum atomic E-state index is -3.88. The molecular formula is C12H14O9. The predicted octanol–water partition coefficient (Wildman–Crippen LogP) is -1.50. The maximum absolute atomic E-state index is 11.2. The van der Waals surface area contributed by atoms with Crippen molar-refractivity contribution in [2.45, 2.75) is 11.8 Å². The van der Waals surface area contributed by atoms with E-state index in [1.54, 1.807) is 0 Å². The summed E-state index contributed by atoms with van der Waals surface area (Å²) in [5.74, 6) is -10.7. The Bertz CT molecular complexity index is 436. The van der Waals surface area contributed by atoms with Crippen LogP contribution in [0.2, 0.25) is 0 Å². The summed E-state index contributed by atoms with van der Waals surface area (Å²) in [5.41, 5.74) is 0. The second-order valence-corrected chi connectivity index (χ2v) is 3.45. The van der Waals surface area contributed by atoms with Crippen molar-refractivity contribution in [2.75, 3.05) is 6.61 Å². The zero-order valence-electron chi connectivity index (χ0n) is 10.9. The standard InChI is InChI=1S/C12H14O9/c1-4-8(13)19-7-11(12(16,17)18,20-9(14)5-2)21-10(15)6-3/h4-6,16-18H,1-3,7H2. The van der Waals surface area contributed by atoms with E-state index in [-0.39, 0.29) is 0 Å². The Morgan fingerprint density at radius 2 is 1.24 bits per heavy atom. The van der Waals surface area contributed by atoms with E-state index in [2.05, 4.69) is 33.9 Å².